The fraction of sp³-hybridized carbons (Fsp3) is 0.0435. The summed E-state index contributed by atoms with van der Waals surface area (Å²) in [6, 6.07) is 15.5. The Morgan fingerprint density at radius 3 is 2.59 bits per heavy atom. The summed E-state index contributed by atoms with van der Waals surface area (Å²) < 4.78 is 1.37. The highest BCUT2D eigenvalue weighted by atomic mass is 35.5. The molecule has 8 nitrogen and oxygen atoms in total. The molecule has 1 aliphatic heterocycles. The maximum Gasteiger partial charge on any atom is 0.283 e. The molecule has 1 aromatic heterocycles. The number of halogens is 1. The zero-order valence-electron chi connectivity index (χ0n) is 17.1. The van der Waals surface area contributed by atoms with Crippen LogP contribution >= 0.6 is 34.7 Å². The SMILES string of the molecule is O=C(CSc1nc2ccc(N3C(=O)c4cccc([N+](=O)[O-])c4C3=O)cc2s1)c1ccc(Cl)cc1. The first-order chi connectivity index (χ1) is 16.3. The number of nitro groups is 1. The lowest BCUT2D eigenvalue weighted by atomic mass is 10.1. The lowest BCUT2D eigenvalue weighted by Crippen LogP contribution is -2.29. The van der Waals surface area contributed by atoms with Crippen LogP contribution in [0.3, 0.4) is 0 Å². The summed E-state index contributed by atoms with van der Waals surface area (Å²) in [7, 11) is 0. The van der Waals surface area contributed by atoms with Crippen LogP contribution in [0.1, 0.15) is 31.1 Å². The van der Waals surface area contributed by atoms with Gasteiger partial charge < -0.3 is 0 Å². The Hall–Kier alpha value is -3.60. The van der Waals surface area contributed by atoms with Crippen LogP contribution in [0.15, 0.2) is 65.0 Å². The van der Waals surface area contributed by atoms with Crippen molar-refractivity contribution in [3.63, 3.8) is 0 Å². The summed E-state index contributed by atoms with van der Waals surface area (Å²) >= 11 is 8.48. The number of imide groups is 1. The summed E-state index contributed by atoms with van der Waals surface area (Å²) in [4.78, 5) is 54.3. The highest BCUT2D eigenvalue weighted by Gasteiger charge is 2.41. The van der Waals surface area contributed by atoms with E-state index in [0.29, 0.717) is 30.8 Å². The molecule has 34 heavy (non-hydrogen) atoms. The van der Waals surface area contributed by atoms with Crippen LogP contribution in [0.2, 0.25) is 5.02 Å². The van der Waals surface area contributed by atoms with Crippen molar-refractivity contribution in [1.82, 2.24) is 4.98 Å². The fourth-order valence-electron chi connectivity index (χ4n) is 3.59. The Balaban J connectivity index is 1.39. The van der Waals surface area contributed by atoms with Gasteiger partial charge in [0.1, 0.15) is 5.56 Å². The van der Waals surface area contributed by atoms with Gasteiger partial charge in [-0.1, -0.05) is 29.4 Å². The lowest BCUT2D eigenvalue weighted by Gasteiger charge is -2.13. The van der Waals surface area contributed by atoms with E-state index in [1.807, 2.05) is 0 Å². The number of hydrogen-bond acceptors (Lipinski definition) is 8. The number of rotatable bonds is 6. The molecule has 2 heterocycles. The van der Waals surface area contributed by atoms with Crippen molar-refractivity contribution in [2.24, 2.45) is 0 Å². The average Bonchev–Trinajstić information content (AvgIpc) is 3.35. The van der Waals surface area contributed by atoms with E-state index in [4.69, 9.17) is 11.6 Å². The molecule has 168 valence electrons. The molecule has 1 aliphatic rings. The van der Waals surface area contributed by atoms with Gasteiger partial charge >= 0.3 is 0 Å². The number of ketones is 1. The van der Waals surface area contributed by atoms with E-state index < -0.39 is 22.4 Å². The maximum absolute atomic E-state index is 12.9. The number of carbonyl (C=O) groups excluding carboxylic acids is 3. The van der Waals surface area contributed by atoms with Gasteiger partial charge in [-0.2, -0.15) is 0 Å². The molecular formula is C23H12ClN3O5S2. The average molecular weight is 510 g/mol. The molecule has 0 spiro atoms. The third kappa shape index (κ3) is 3.85. The quantitative estimate of drug-likeness (QED) is 0.109. The van der Waals surface area contributed by atoms with E-state index in [9.17, 15) is 24.5 Å². The predicted octanol–water partition coefficient (Wildman–Crippen LogP) is 5.63. The van der Waals surface area contributed by atoms with Crippen molar-refractivity contribution < 1.29 is 19.3 Å². The fourth-order valence-corrected chi connectivity index (χ4v) is 5.72. The first kappa shape index (κ1) is 22.2. The van der Waals surface area contributed by atoms with Gasteiger partial charge in [0.2, 0.25) is 0 Å². The Morgan fingerprint density at radius 1 is 1.09 bits per heavy atom. The Bertz CT molecular complexity index is 1520. The third-order valence-electron chi connectivity index (χ3n) is 5.19. The van der Waals surface area contributed by atoms with Crippen molar-refractivity contribution in [3.8, 4) is 0 Å². The topological polar surface area (TPSA) is 110 Å². The zero-order valence-corrected chi connectivity index (χ0v) is 19.4. The monoisotopic (exact) mass is 509 g/mol. The second-order valence-electron chi connectivity index (χ2n) is 7.25. The molecular weight excluding hydrogens is 498 g/mol. The molecule has 0 N–H and O–H groups in total. The van der Waals surface area contributed by atoms with E-state index in [-0.39, 0.29) is 22.7 Å². The van der Waals surface area contributed by atoms with E-state index >= 15 is 0 Å². The molecule has 0 atom stereocenters. The molecule has 5 rings (SSSR count). The first-order valence-electron chi connectivity index (χ1n) is 9.82. The van der Waals surface area contributed by atoms with Gasteiger partial charge in [-0.15, -0.1) is 11.3 Å². The van der Waals surface area contributed by atoms with Crippen molar-refractivity contribution in [1.29, 1.82) is 0 Å². The molecule has 0 unspecified atom stereocenters. The lowest BCUT2D eigenvalue weighted by molar-refractivity contribution is -0.385. The number of benzene rings is 3. The minimum atomic E-state index is -0.737. The van der Waals surface area contributed by atoms with Crippen LogP contribution in [0.4, 0.5) is 11.4 Å². The predicted molar refractivity (Wildman–Crippen MR) is 130 cm³/mol. The van der Waals surface area contributed by atoms with E-state index in [0.717, 1.165) is 4.90 Å². The number of thioether (sulfide) groups is 1. The highest BCUT2D eigenvalue weighted by molar-refractivity contribution is 8.01. The summed E-state index contributed by atoms with van der Waals surface area (Å²) in [5.41, 5.74) is 0.893. The number of anilines is 1. The molecule has 0 aliphatic carbocycles. The second-order valence-corrected chi connectivity index (χ2v) is 9.94. The van der Waals surface area contributed by atoms with Gasteiger partial charge in [-0.25, -0.2) is 9.88 Å². The minimum Gasteiger partial charge on any atom is -0.293 e. The van der Waals surface area contributed by atoms with Crippen LogP contribution in [-0.2, 0) is 0 Å². The number of amides is 2. The Morgan fingerprint density at radius 2 is 1.85 bits per heavy atom. The van der Waals surface area contributed by atoms with Gasteiger partial charge in [-0.3, -0.25) is 24.5 Å². The van der Waals surface area contributed by atoms with Gasteiger partial charge in [-0.05, 0) is 48.5 Å². The van der Waals surface area contributed by atoms with Crippen molar-refractivity contribution in [3.05, 3.63) is 92.5 Å². The van der Waals surface area contributed by atoms with Crippen molar-refractivity contribution in [2.75, 3.05) is 10.7 Å². The normalized spacial score (nSPS) is 12.9. The molecule has 2 amide bonds. The smallest absolute Gasteiger partial charge is 0.283 e. The molecule has 0 fully saturated rings. The van der Waals surface area contributed by atoms with Gasteiger partial charge in [0, 0.05) is 16.7 Å². The van der Waals surface area contributed by atoms with E-state index in [2.05, 4.69) is 4.98 Å². The minimum absolute atomic E-state index is 0.000517. The summed E-state index contributed by atoms with van der Waals surface area (Å²) in [6.45, 7) is 0. The molecule has 0 saturated heterocycles. The second kappa shape index (κ2) is 8.64. The van der Waals surface area contributed by atoms with Crippen LogP contribution in [0.25, 0.3) is 10.2 Å². The summed E-state index contributed by atoms with van der Waals surface area (Å²) in [5, 5.41) is 11.9. The third-order valence-corrected chi connectivity index (χ3v) is 7.61. The molecule has 11 heteroatoms. The molecule has 0 saturated carbocycles. The molecule has 3 aromatic carbocycles. The first-order valence-corrected chi connectivity index (χ1v) is 12.0. The van der Waals surface area contributed by atoms with Gasteiger partial charge in [0.05, 0.1) is 32.1 Å². The summed E-state index contributed by atoms with van der Waals surface area (Å²) in [5.74, 6) is -1.22. The van der Waals surface area contributed by atoms with E-state index in [1.54, 1.807) is 42.5 Å². The number of Topliss-reactive ketones (excluding diaryl/α,β-unsaturated/α-hetero) is 1. The van der Waals surface area contributed by atoms with Crippen LogP contribution in [0.5, 0.6) is 0 Å². The largest absolute Gasteiger partial charge is 0.293 e. The van der Waals surface area contributed by atoms with Crippen LogP contribution < -0.4 is 4.90 Å². The number of carbonyl (C=O) groups is 3. The number of nitro benzene ring substituents is 1. The molecule has 0 radical (unpaired) electrons. The standard InChI is InChI=1S/C23H12ClN3O5S2/c24-13-6-4-12(5-7-13)18(28)11-33-23-25-16-9-8-14(10-19(16)34-23)26-21(29)15-2-1-3-17(27(31)32)20(15)22(26)30/h1-10H,11H2. The van der Waals surface area contributed by atoms with Crippen LogP contribution in [0, 0.1) is 10.1 Å². The van der Waals surface area contributed by atoms with E-state index in [1.165, 1.54) is 41.3 Å². The number of thiazole rings is 1. The van der Waals surface area contributed by atoms with Gasteiger partial charge in [0.15, 0.2) is 10.1 Å². The summed E-state index contributed by atoms with van der Waals surface area (Å²) in [6.07, 6.45) is 0. The molecule has 4 aromatic rings. The van der Waals surface area contributed by atoms with Crippen LogP contribution in [-0.4, -0.2) is 33.3 Å². The Labute approximate surface area is 205 Å². The number of fused-ring (bicyclic) bond motifs is 2. The van der Waals surface area contributed by atoms with Gasteiger partial charge in [0.25, 0.3) is 17.5 Å². The van der Waals surface area contributed by atoms with Crippen molar-refractivity contribution in [2.45, 2.75) is 4.34 Å². The number of aromatic nitrogens is 1. The number of nitrogens with zero attached hydrogens (tertiary/aromatic N) is 3. The Kier molecular flexibility index (Phi) is 5.64. The zero-order chi connectivity index (χ0) is 24.0. The molecule has 0 bridgehead atoms. The van der Waals surface area contributed by atoms with Crippen molar-refractivity contribution >= 4 is 73.9 Å². The number of hydrogen-bond donors (Lipinski definition) is 0. The maximum atomic E-state index is 12.9. The highest BCUT2D eigenvalue weighted by Crippen LogP contribution is 2.37.